The molecular formula is C14H13BrClFN2. The molecule has 0 heterocycles. The maximum atomic E-state index is 13.9. The Bertz CT molecular complexity index is 577. The Morgan fingerprint density at radius 2 is 1.95 bits per heavy atom. The maximum absolute atomic E-state index is 13.9. The Kier molecular flexibility index (Phi) is 4.93. The molecule has 0 amide bonds. The van der Waals surface area contributed by atoms with E-state index < -0.39 is 5.82 Å². The van der Waals surface area contributed by atoms with Crippen molar-refractivity contribution < 1.29 is 4.39 Å². The lowest BCUT2D eigenvalue weighted by Gasteiger charge is -2.18. The van der Waals surface area contributed by atoms with Gasteiger partial charge in [0.1, 0.15) is 5.82 Å². The molecule has 100 valence electrons. The van der Waals surface area contributed by atoms with Gasteiger partial charge in [0.15, 0.2) is 0 Å². The predicted octanol–water partition coefficient (Wildman–Crippen LogP) is 3.99. The van der Waals surface area contributed by atoms with Gasteiger partial charge in [0.25, 0.3) is 0 Å². The first kappa shape index (κ1) is 14.5. The van der Waals surface area contributed by atoms with Crippen molar-refractivity contribution in [3.63, 3.8) is 0 Å². The van der Waals surface area contributed by atoms with Crippen LogP contribution < -0.4 is 11.3 Å². The summed E-state index contributed by atoms with van der Waals surface area (Å²) in [7, 11) is 0. The molecule has 2 nitrogen and oxygen atoms in total. The first-order valence-electron chi connectivity index (χ1n) is 5.77. The van der Waals surface area contributed by atoms with Crippen molar-refractivity contribution in [2.75, 3.05) is 0 Å². The van der Waals surface area contributed by atoms with Gasteiger partial charge >= 0.3 is 0 Å². The fourth-order valence-corrected chi connectivity index (χ4v) is 2.70. The molecule has 1 unspecified atom stereocenters. The molecule has 5 heteroatoms. The van der Waals surface area contributed by atoms with Gasteiger partial charge in [0.2, 0.25) is 0 Å². The highest BCUT2D eigenvalue weighted by Gasteiger charge is 2.16. The van der Waals surface area contributed by atoms with E-state index in [1.165, 1.54) is 6.07 Å². The normalized spacial score (nSPS) is 12.4. The van der Waals surface area contributed by atoms with Crippen LogP contribution in [0.15, 0.2) is 46.9 Å². The summed E-state index contributed by atoms with van der Waals surface area (Å²) in [6.45, 7) is 0. The van der Waals surface area contributed by atoms with E-state index in [2.05, 4.69) is 21.4 Å². The lowest BCUT2D eigenvalue weighted by Crippen LogP contribution is -2.30. The molecule has 1 atom stereocenters. The van der Waals surface area contributed by atoms with Crippen LogP contribution in [0.5, 0.6) is 0 Å². The van der Waals surface area contributed by atoms with Gasteiger partial charge in [0.05, 0.1) is 11.1 Å². The van der Waals surface area contributed by atoms with Gasteiger partial charge in [-0.05, 0) is 29.7 Å². The van der Waals surface area contributed by atoms with Crippen LogP contribution in [0.25, 0.3) is 0 Å². The molecule has 0 fully saturated rings. The molecule has 0 aliphatic carbocycles. The lowest BCUT2D eigenvalue weighted by atomic mass is 9.99. The van der Waals surface area contributed by atoms with Crippen molar-refractivity contribution in [3.05, 3.63) is 68.9 Å². The smallest absolute Gasteiger partial charge is 0.145 e. The van der Waals surface area contributed by atoms with Crippen molar-refractivity contribution in [3.8, 4) is 0 Å². The highest BCUT2D eigenvalue weighted by atomic mass is 79.9. The van der Waals surface area contributed by atoms with E-state index in [-0.39, 0.29) is 11.1 Å². The van der Waals surface area contributed by atoms with E-state index in [9.17, 15) is 4.39 Å². The minimum Gasteiger partial charge on any atom is -0.271 e. The van der Waals surface area contributed by atoms with Gasteiger partial charge in [-0.25, -0.2) is 4.39 Å². The van der Waals surface area contributed by atoms with E-state index >= 15 is 0 Å². The topological polar surface area (TPSA) is 38.0 Å². The van der Waals surface area contributed by atoms with Crippen molar-refractivity contribution in [2.45, 2.75) is 12.5 Å². The van der Waals surface area contributed by atoms with E-state index in [0.717, 1.165) is 10.0 Å². The Morgan fingerprint density at radius 3 is 2.63 bits per heavy atom. The van der Waals surface area contributed by atoms with E-state index in [1.807, 2.05) is 24.3 Å². The molecule has 2 aromatic carbocycles. The Hall–Kier alpha value is -0.940. The summed E-state index contributed by atoms with van der Waals surface area (Å²) >= 11 is 9.25. The third-order valence-electron chi connectivity index (χ3n) is 2.94. The summed E-state index contributed by atoms with van der Waals surface area (Å²) in [6, 6.07) is 12.5. The van der Waals surface area contributed by atoms with Gasteiger partial charge < -0.3 is 0 Å². The second kappa shape index (κ2) is 6.48. The van der Waals surface area contributed by atoms with E-state index in [1.54, 1.807) is 12.1 Å². The first-order valence-corrected chi connectivity index (χ1v) is 6.94. The average Bonchev–Trinajstić information content (AvgIpc) is 2.41. The number of hydrogen-bond acceptors (Lipinski definition) is 2. The molecule has 0 saturated carbocycles. The summed E-state index contributed by atoms with van der Waals surface area (Å²) in [5, 5.41) is 0.125. The highest BCUT2D eigenvalue weighted by molar-refractivity contribution is 9.10. The fourth-order valence-electron chi connectivity index (χ4n) is 1.94. The second-order valence-electron chi connectivity index (χ2n) is 4.16. The second-order valence-corrected chi connectivity index (χ2v) is 5.42. The molecule has 0 spiro atoms. The van der Waals surface area contributed by atoms with Crippen LogP contribution in [0.1, 0.15) is 17.2 Å². The van der Waals surface area contributed by atoms with Gasteiger partial charge in [-0.3, -0.25) is 11.3 Å². The van der Waals surface area contributed by atoms with Crippen LogP contribution in [0.2, 0.25) is 5.02 Å². The largest absolute Gasteiger partial charge is 0.271 e. The summed E-state index contributed by atoms with van der Waals surface area (Å²) in [4.78, 5) is 0. The molecule has 3 N–H and O–H groups in total. The summed E-state index contributed by atoms with van der Waals surface area (Å²) in [5.41, 5.74) is 4.22. The number of nitrogens with one attached hydrogen (secondary N) is 1. The summed E-state index contributed by atoms with van der Waals surface area (Å²) < 4.78 is 14.8. The van der Waals surface area contributed by atoms with Gasteiger partial charge in [-0.2, -0.15) is 0 Å². The summed E-state index contributed by atoms with van der Waals surface area (Å²) in [5.74, 6) is 5.19. The predicted molar refractivity (Wildman–Crippen MR) is 79.3 cm³/mol. The molecule has 0 radical (unpaired) electrons. The van der Waals surface area contributed by atoms with Gasteiger partial charge in [-0.1, -0.05) is 57.9 Å². The van der Waals surface area contributed by atoms with Crippen LogP contribution in [0, 0.1) is 5.82 Å². The summed E-state index contributed by atoms with van der Waals surface area (Å²) in [6.07, 6.45) is 0.422. The molecule has 0 aliphatic heterocycles. The number of hydrogen-bond donors (Lipinski definition) is 2. The van der Waals surface area contributed by atoms with Crippen molar-refractivity contribution in [1.29, 1.82) is 0 Å². The molecular weight excluding hydrogens is 331 g/mol. The first-order chi connectivity index (χ1) is 9.13. The average molecular weight is 344 g/mol. The van der Waals surface area contributed by atoms with Crippen molar-refractivity contribution >= 4 is 27.5 Å². The Labute approximate surface area is 124 Å². The standard InChI is InChI=1S/C14H13BrClFN2/c15-11-6-2-1-5-10(11)13(19-18)8-9-4-3-7-12(16)14(9)17/h1-7,13,19H,8,18H2. The molecule has 0 aliphatic rings. The number of halogens is 3. The molecule has 0 bridgehead atoms. The quantitative estimate of drug-likeness (QED) is 0.651. The van der Waals surface area contributed by atoms with Gasteiger partial charge in [0, 0.05) is 4.47 Å². The molecule has 2 rings (SSSR count). The van der Waals surface area contributed by atoms with Crippen LogP contribution in [-0.4, -0.2) is 0 Å². The van der Waals surface area contributed by atoms with Crippen molar-refractivity contribution in [1.82, 2.24) is 5.43 Å². The third-order valence-corrected chi connectivity index (χ3v) is 3.95. The minimum atomic E-state index is -0.392. The number of benzene rings is 2. The third kappa shape index (κ3) is 3.34. The van der Waals surface area contributed by atoms with E-state index in [0.29, 0.717) is 12.0 Å². The minimum absolute atomic E-state index is 0.125. The molecule has 19 heavy (non-hydrogen) atoms. The molecule has 0 aromatic heterocycles. The van der Waals surface area contributed by atoms with Crippen LogP contribution in [0.4, 0.5) is 4.39 Å². The van der Waals surface area contributed by atoms with Crippen LogP contribution in [0.3, 0.4) is 0 Å². The zero-order valence-corrected chi connectivity index (χ0v) is 12.4. The van der Waals surface area contributed by atoms with Gasteiger partial charge in [-0.15, -0.1) is 0 Å². The number of rotatable bonds is 4. The zero-order chi connectivity index (χ0) is 13.8. The fraction of sp³-hybridized carbons (Fsp3) is 0.143. The monoisotopic (exact) mass is 342 g/mol. The Morgan fingerprint density at radius 1 is 1.21 bits per heavy atom. The highest BCUT2D eigenvalue weighted by Crippen LogP contribution is 2.27. The maximum Gasteiger partial charge on any atom is 0.145 e. The lowest BCUT2D eigenvalue weighted by molar-refractivity contribution is 0.528. The molecule has 2 aromatic rings. The number of nitrogens with two attached hydrogens (primary N) is 1. The van der Waals surface area contributed by atoms with Crippen LogP contribution >= 0.6 is 27.5 Å². The molecule has 0 saturated heterocycles. The Balaban J connectivity index is 2.30. The number of hydrazine groups is 1. The zero-order valence-electron chi connectivity index (χ0n) is 10.0. The van der Waals surface area contributed by atoms with Crippen LogP contribution in [-0.2, 0) is 6.42 Å². The van der Waals surface area contributed by atoms with E-state index in [4.69, 9.17) is 17.4 Å². The SMILES string of the molecule is NNC(Cc1cccc(Cl)c1F)c1ccccc1Br. The van der Waals surface area contributed by atoms with Crippen molar-refractivity contribution in [2.24, 2.45) is 5.84 Å².